The Labute approximate surface area is 92.9 Å². The van der Waals surface area contributed by atoms with Crippen LogP contribution in [0, 0.1) is 0 Å². The summed E-state index contributed by atoms with van der Waals surface area (Å²) in [6.45, 7) is -0.0571. The van der Waals surface area contributed by atoms with E-state index in [1.807, 2.05) is 6.07 Å². The molecular weight excluding hydrogens is 210 g/mol. The van der Waals surface area contributed by atoms with Crippen LogP contribution in [0.5, 0.6) is 0 Å². The predicted octanol–water partition coefficient (Wildman–Crippen LogP) is 0.0921. The van der Waals surface area contributed by atoms with Gasteiger partial charge >= 0.3 is 11.9 Å². The standard InChI is InChI=1S/C11H13NO4/c13-7-6-12(10(14)11(15)16)8-9-4-2-1-3-5-9/h1-5,13H,6-8H2,(H,15,16). The number of hydrogen-bond donors (Lipinski definition) is 2. The summed E-state index contributed by atoms with van der Waals surface area (Å²) < 4.78 is 0. The maximum Gasteiger partial charge on any atom is 0.394 e. The molecule has 0 saturated carbocycles. The zero-order chi connectivity index (χ0) is 12.0. The van der Waals surface area contributed by atoms with Gasteiger partial charge in [0.05, 0.1) is 6.61 Å². The fourth-order valence-corrected chi connectivity index (χ4v) is 1.31. The van der Waals surface area contributed by atoms with Crippen molar-refractivity contribution < 1.29 is 19.8 Å². The maximum absolute atomic E-state index is 11.3. The number of carboxylic acids is 1. The number of carbonyl (C=O) groups excluding carboxylic acids is 1. The second-order valence-electron chi connectivity index (χ2n) is 3.24. The number of amides is 1. The van der Waals surface area contributed by atoms with Gasteiger partial charge in [-0.15, -0.1) is 0 Å². The molecule has 0 atom stereocenters. The number of carboxylic acid groups (broad SMARTS) is 1. The van der Waals surface area contributed by atoms with E-state index in [0.717, 1.165) is 10.5 Å². The second-order valence-corrected chi connectivity index (χ2v) is 3.24. The molecule has 1 aromatic carbocycles. The van der Waals surface area contributed by atoms with Crippen LogP contribution in [0.1, 0.15) is 5.56 Å². The topological polar surface area (TPSA) is 77.8 Å². The van der Waals surface area contributed by atoms with Crippen LogP contribution >= 0.6 is 0 Å². The third-order valence-corrected chi connectivity index (χ3v) is 2.06. The van der Waals surface area contributed by atoms with Crippen molar-refractivity contribution in [2.24, 2.45) is 0 Å². The zero-order valence-corrected chi connectivity index (χ0v) is 8.67. The number of aliphatic hydroxyl groups is 1. The van der Waals surface area contributed by atoms with Crippen molar-refractivity contribution in [2.75, 3.05) is 13.2 Å². The van der Waals surface area contributed by atoms with E-state index in [4.69, 9.17) is 10.2 Å². The van der Waals surface area contributed by atoms with Crippen LogP contribution in [0.15, 0.2) is 30.3 Å². The van der Waals surface area contributed by atoms with Crippen LogP contribution in [-0.2, 0) is 16.1 Å². The van der Waals surface area contributed by atoms with E-state index in [0.29, 0.717) is 0 Å². The first-order chi connectivity index (χ1) is 7.65. The Hall–Kier alpha value is -1.88. The summed E-state index contributed by atoms with van der Waals surface area (Å²) in [6, 6.07) is 9.02. The lowest BCUT2D eigenvalue weighted by Gasteiger charge is -2.19. The van der Waals surface area contributed by atoms with Crippen molar-refractivity contribution in [3.8, 4) is 0 Å². The van der Waals surface area contributed by atoms with Gasteiger partial charge in [0.25, 0.3) is 0 Å². The molecule has 0 aliphatic carbocycles. The SMILES string of the molecule is O=C(O)C(=O)N(CCO)Cc1ccccc1. The van der Waals surface area contributed by atoms with Crippen molar-refractivity contribution in [1.29, 1.82) is 0 Å². The van der Waals surface area contributed by atoms with E-state index in [2.05, 4.69) is 0 Å². The van der Waals surface area contributed by atoms with E-state index in [1.165, 1.54) is 0 Å². The molecule has 1 rings (SSSR count). The molecule has 5 nitrogen and oxygen atoms in total. The Balaban J connectivity index is 2.72. The summed E-state index contributed by atoms with van der Waals surface area (Å²) >= 11 is 0. The molecule has 0 aliphatic rings. The number of aliphatic carboxylic acids is 1. The van der Waals surface area contributed by atoms with Crippen molar-refractivity contribution in [3.05, 3.63) is 35.9 Å². The van der Waals surface area contributed by atoms with Gasteiger partial charge in [0.2, 0.25) is 0 Å². The minimum absolute atomic E-state index is 0.0139. The summed E-state index contributed by atoms with van der Waals surface area (Å²) in [5.41, 5.74) is 0.825. The van der Waals surface area contributed by atoms with Crippen LogP contribution < -0.4 is 0 Å². The van der Waals surface area contributed by atoms with E-state index in [9.17, 15) is 9.59 Å². The van der Waals surface area contributed by atoms with E-state index in [1.54, 1.807) is 24.3 Å². The lowest BCUT2D eigenvalue weighted by Crippen LogP contribution is -2.37. The first kappa shape index (κ1) is 12.2. The summed E-state index contributed by atoms with van der Waals surface area (Å²) in [6.07, 6.45) is 0. The molecule has 2 N–H and O–H groups in total. The minimum atomic E-state index is -1.51. The smallest absolute Gasteiger partial charge is 0.394 e. The Bertz CT molecular complexity index is 364. The molecule has 5 heteroatoms. The van der Waals surface area contributed by atoms with Gasteiger partial charge in [-0.25, -0.2) is 4.79 Å². The molecule has 0 aromatic heterocycles. The van der Waals surface area contributed by atoms with Gasteiger partial charge < -0.3 is 15.1 Å². The number of nitrogens with zero attached hydrogens (tertiary/aromatic N) is 1. The summed E-state index contributed by atoms with van der Waals surface area (Å²) in [7, 11) is 0. The first-order valence-electron chi connectivity index (χ1n) is 4.82. The van der Waals surface area contributed by atoms with Gasteiger partial charge in [-0.2, -0.15) is 0 Å². The van der Waals surface area contributed by atoms with E-state index >= 15 is 0 Å². The Kier molecular flexibility index (Phi) is 4.47. The van der Waals surface area contributed by atoms with Crippen molar-refractivity contribution in [1.82, 2.24) is 4.90 Å². The van der Waals surface area contributed by atoms with Crippen LogP contribution in [0.25, 0.3) is 0 Å². The van der Waals surface area contributed by atoms with Gasteiger partial charge in [0.1, 0.15) is 0 Å². The third kappa shape index (κ3) is 3.36. The molecule has 0 spiro atoms. The molecule has 86 valence electrons. The van der Waals surface area contributed by atoms with Gasteiger partial charge in [0, 0.05) is 13.1 Å². The van der Waals surface area contributed by atoms with Gasteiger partial charge in [-0.05, 0) is 5.56 Å². The molecule has 1 amide bonds. The van der Waals surface area contributed by atoms with Crippen LogP contribution in [0.3, 0.4) is 0 Å². The molecule has 0 unspecified atom stereocenters. The molecule has 16 heavy (non-hydrogen) atoms. The van der Waals surface area contributed by atoms with Crippen molar-refractivity contribution >= 4 is 11.9 Å². The van der Waals surface area contributed by atoms with Crippen molar-refractivity contribution in [2.45, 2.75) is 6.54 Å². The minimum Gasteiger partial charge on any atom is -0.474 e. The normalized spacial score (nSPS) is 9.81. The number of aliphatic hydroxyl groups excluding tert-OH is 1. The summed E-state index contributed by atoms with van der Waals surface area (Å²) in [5.74, 6) is -2.51. The number of carbonyl (C=O) groups is 2. The highest BCUT2D eigenvalue weighted by Crippen LogP contribution is 2.04. The number of hydrogen-bond acceptors (Lipinski definition) is 3. The monoisotopic (exact) mass is 223 g/mol. The summed E-state index contributed by atoms with van der Waals surface area (Å²) in [5, 5.41) is 17.3. The number of benzene rings is 1. The average Bonchev–Trinajstić information content (AvgIpc) is 2.29. The van der Waals surface area contributed by atoms with Gasteiger partial charge in [0.15, 0.2) is 0 Å². The average molecular weight is 223 g/mol. The lowest BCUT2D eigenvalue weighted by atomic mass is 10.2. The molecule has 1 aromatic rings. The molecule has 0 saturated heterocycles. The van der Waals surface area contributed by atoms with Crippen LogP contribution in [0.4, 0.5) is 0 Å². The van der Waals surface area contributed by atoms with Crippen LogP contribution in [0.2, 0.25) is 0 Å². The van der Waals surface area contributed by atoms with Crippen LogP contribution in [-0.4, -0.2) is 40.1 Å². The van der Waals surface area contributed by atoms with Crippen molar-refractivity contribution in [3.63, 3.8) is 0 Å². The molecule has 0 heterocycles. The highest BCUT2D eigenvalue weighted by molar-refractivity contribution is 6.31. The molecule has 0 aliphatic heterocycles. The van der Waals surface area contributed by atoms with E-state index < -0.39 is 11.9 Å². The van der Waals surface area contributed by atoms with Gasteiger partial charge in [-0.1, -0.05) is 30.3 Å². The molecule has 0 radical (unpaired) electrons. The summed E-state index contributed by atoms with van der Waals surface area (Å²) in [4.78, 5) is 22.9. The quantitative estimate of drug-likeness (QED) is 0.709. The molecule has 0 bridgehead atoms. The van der Waals surface area contributed by atoms with E-state index in [-0.39, 0.29) is 19.7 Å². The lowest BCUT2D eigenvalue weighted by molar-refractivity contribution is -0.156. The Morgan fingerprint density at radius 3 is 2.31 bits per heavy atom. The fraction of sp³-hybridized carbons (Fsp3) is 0.273. The second kappa shape index (κ2) is 5.87. The Morgan fingerprint density at radius 1 is 1.19 bits per heavy atom. The highest BCUT2D eigenvalue weighted by atomic mass is 16.4. The molecule has 0 fully saturated rings. The third-order valence-electron chi connectivity index (χ3n) is 2.06. The maximum atomic E-state index is 11.3. The highest BCUT2D eigenvalue weighted by Gasteiger charge is 2.20. The first-order valence-corrected chi connectivity index (χ1v) is 4.82. The largest absolute Gasteiger partial charge is 0.474 e. The molecular formula is C11H13NO4. The predicted molar refractivity (Wildman–Crippen MR) is 56.6 cm³/mol. The zero-order valence-electron chi connectivity index (χ0n) is 8.67. The number of rotatable bonds is 4. The Morgan fingerprint density at radius 2 is 1.81 bits per heavy atom. The fourth-order valence-electron chi connectivity index (χ4n) is 1.31. The van der Waals surface area contributed by atoms with Gasteiger partial charge in [-0.3, -0.25) is 4.79 Å².